The number of Topliss-reactive ketones (excluding diaryl/α,β-unsaturated/α-hetero) is 4. The molecule has 0 radical (unpaired) electrons. The fourth-order valence-electron chi connectivity index (χ4n) is 11.0. The van der Waals surface area contributed by atoms with Gasteiger partial charge in [0.2, 0.25) is 5.91 Å². The monoisotopic (exact) mass is 1410 g/mol. The molecule has 0 saturated carbocycles. The van der Waals surface area contributed by atoms with E-state index < -0.39 is 118 Å². The lowest BCUT2D eigenvalue weighted by Gasteiger charge is -2.40. The highest BCUT2D eigenvalue weighted by Gasteiger charge is 2.45. The number of carbonyl (C=O) groups excluding carboxylic acids is 5. The van der Waals surface area contributed by atoms with Gasteiger partial charge >= 0.3 is 7.60 Å². The van der Waals surface area contributed by atoms with Crippen molar-refractivity contribution in [2.45, 2.75) is 280 Å². The molecule has 29 nitrogen and oxygen atoms in total. The number of aliphatic hydroxyl groups excluding tert-OH is 10. The van der Waals surface area contributed by atoms with E-state index in [-0.39, 0.29) is 100 Å². The summed E-state index contributed by atoms with van der Waals surface area (Å²) < 4.78 is 65.2. The van der Waals surface area contributed by atoms with Gasteiger partial charge in [0.25, 0.3) is 0 Å². The van der Waals surface area contributed by atoms with Crippen LogP contribution in [0.15, 0.2) is 0 Å². The third-order valence-electron chi connectivity index (χ3n) is 17.6. The molecular weight excluding hydrogens is 1290 g/mol. The average molecular weight is 1410 g/mol. The van der Waals surface area contributed by atoms with Crippen LogP contribution >= 0.6 is 7.60 Å². The molecule has 96 heavy (non-hydrogen) atoms. The van der Waals surface area contributed by atoms with E-state index in [2.05, 4.69) is 4.67 Å². The van der Waals surface area contributed by atoms with Gasteiger partial charge in [0.15, 0.2) is 18.9 Å². The van der Waals surface area contributed by atoms with Gasteiger partial charge in [0.1, 0.15) is 66.4 Å². The Labute approximate surface area is 567 Å². The summed E-state index contributed by atoms with van der Waals surface area (Å²) in [6.07, 6.45) is 5.14. The van der Waals surface area contributed by atoms with Crippen molar-refractivity contribution in [3.63, 3.8) is 0 Å². The number of nitrogens with zero attached hydrogens (tertiary/aromatic N) is 1. The van der Waals surface area contributed by atoms with Gasteiger partial charge < -0.3 is 103 Å². The molecule has 0 aliphatic carbocycles. The summed E-state index contributed by atoms with van der Waals surface area (Å²) in [6.45, 7) is 9.63. The number of aliphatic hydroxyl groups is 10. The number of hydrogen-bond acceptors (Lipinski definition) is 27. The van der Waals surface area contributed by atoms with E-state index in [9.17, 15) is 84.5 Å². The first-order valence-electron chi connectivity index (χ1n) is 34.7. The quantitative estimate of drug-likeness (QED) is 0.0137. The predicted octanol–water partition coefficient (Wildman–Crippen LogP) is 3.30. The first-order valence-corrected chi connectivity index (χ1v) is 36.4. The minimum Gasteiger partial charge on any atom is -0.394 e. The lowest BCUT2D eigenvalue weighted by atomic mass is 9.92. The van der Waals surface area contributed by atoms with Crippen molar-refractivity contribution in [1.29, 1.82) is 0 Å². The van der Waals surface area contributed by atoms with Gasteiger partial charge in [-0.25, -0.2) is 4.89 Å². The number of rotatable bonds is 49. The zero-order valence-electron chi connectivity index (χ0n) is 58.1. The van der Waals surface area contributed by atoms with Crippen LogP contribution < -0.4 is 0 Å². The third-order valence-corrected chi connectivity index (χ3v) is 19.2. The number of hydrogen-bond donors (Lipinski definition) is 11. The highest BCUT2D eigenvalue weighted by Crippen LogP contribution is 2.47. The zero-order valence-corrected chi connectivity index (χ0v) is 59.0. The molecule has 0 aromatic heterocycles. The van der Waals surface area contributed by atoms with E-state index in [1.807, 2.05) is 0 Å². The van der Waals surface area contributed by atoms with Gasteiger partial charge in [-0.2, -0.15) is 0 Å². The highest BCUT2D eigenvalue weighted by molar-refractivity contribution is 7.53. The molecule has 0 aromatic carbocycles. The maximum absolute atomic E-state index is 12.6. The summed E-state index contributed by atoms with van der Waals surface area (Å²) in [6, 6.07) is -0.599. The second-order valence-corrected chi connectivity index (χ2v) is 28.2. The number of methoxy groups -OCH3 is 2. The second kappa shape index (κ2) is 51.6. The smallest absolute Gasteiger partial charge is 0.357 e. The summed E-state index contributed by atoms with van der Waals surface area (Å²) in [5.74, 6) is -1.36. The van der Waals surface area contributed by atoms with Crippen molar-refractivity contribution in [2.75, 3.05) is 93.4 Å². The lowest BCUT2D eigenvalue weighted by molar-refractivity contribution is -0.282. The van der Waals surface area contributed by atoms with Gasteiger partial charge in [0, 0.05) is 103 Å². The number of ether oxygens (including phenoxy) is 9. The molecule has 4 fully saturated rings. The van der Waals surface area contributed by atoms with Crippen LogP contribution in [0.5, 0.6) is 0 Å². The Kier molecular flexibility index (Phi) is 48.2. The summed E-state index contributed by atoms with van der Waals surface area (Å²) in [5, 5.41) is 97.1. The minimum absolute atomic E-state index is 0.00271. The van der Waals surface area contributed by atoms with Crippen LogP contribution in [0.2, 0.25) is 0 Å². The zero-order chi connectivity index (χ0) is 71.6. The number of carbonyl (C=O) groups is 5. The van der Waals surface area contributed by atoms with Gasteiger partial charge in [-0.1, -0.05) is 92.4 Å². The molecule has 18 atom stereocenters. The largest absolute Gasteiger partial charge is 0.394 e. The molecule has 30 heteroatoms. The van der Waals surface area contributed by atoms with Crippen molar-refractivity contribution in [1.82, 2.24) is 4.90 Å². The molecule has 1 amide bonds. The molecule has 0 spiro atoms. The van der Waals surface area contributed by atoms with Crippen LogP contribution in [0.25, 0.3) is 0 Å². The molecule has 4 rings (SSSR count). The summed E-state index contributed by atoms with van der Waals surface area (Å²) >= 11 is 0. The standard InChI is InChI=1S/C30H54NO14P.2C18H34O7/c1-20(2)46(39,40)45-43-19-22-15-25(35)17-31(22)27(36)16-24(34)11-14-41-13-10-23(33)9-7-5-4-6-8-12-42-30-21(3)28(37)29(38)26(18-32)44-30;2*1-13-16(21)17(22)15(12-19)25-18(13)24-10-7-5-3-4-6-8-14(20)9-11-23-2/h20-22,25-26,28-30,32,35,37-38H,4-19H2,1-3H3,(H,39,40);2*13,15-19,21-22H,3-12H2,1-2H3/t21?,22-,25+,26?,28+,29-,30+;2*13?,15?,16-,17+,18-/m011/s1. The maximum Gasteiger partial charge on any atom is 0.357 e. The topological polar surface area (TPSA) is 430 Å². The summed E-state index contributed by atoms with van der Waals surface area (Å²) in [4.78, 5) is 75.9. The van der Waals surface area contributed by atoms with Crippen LogP contribution in [0.3, 0.4) is 0 Å². The fraction of sp³-hybridized carbons (Fsp3) is 0.924. The first kappa shape index (κ1) is 89.6. The molecule has 7 unspecified atom stereocenters. The van der Waals surface area contributed by atoms with E-state index in [1.165, 1.54) is 18.7 Å². The molecule has 4 heterocycles. The Hall–Kier alpha value is -2.50. The van der Waals surface area contributed by atoms with Crippen molar-refractivity contribution in [3.05, 3.63) is 0 Å². The Balaban J connectivity index is 0.000000532. The Morgan fingerprint density at radius 3 is 1.15 bits per heavy atom. The van der Waals surface area contributed by atoms with Crippen molar-refractivity contribution < 1.29 is 137 Å². The van der Waals surface area contributed by atoms with Crippen LogP contribution in [0.4, 0.5) is 0 Å². The molecule has 4 saturated heterocycles. The van der Waals surface area contributed by atoms with Crippen molar-refractivity contribution in [3.8, 4) is 0 Å². The van der Waals surface area contributed by atoms with E-state index in [0.717, 1.165) is 96.3 Å². The van der Waals surface area contributed by atoms with Crippen molar-refractivity contribution >= 4 is 36.6 Å². The van der Waals surface area contributed by atoms with E-state index >= 15 is 0 Å². The highest BCUT2D eigenvalue weighted by atomic mass is 31.2. The molecule has 4 aliphatic heterocycles. The van der Waals surface area contributed by atoms with Crippen LogP contribution in [0.1, 0.15) is 189 Å². The van der Waals surface area contributed by atoms with Crippen LogP contribution in [-0.2, 0) is 80.7 Å². The fourth-order valence-corrected chi connectivity index (χ4v) is 11.3. The molecular formula is C66H122NO28P. The van der Waals surface area contributed by atoms with Gasteiger partial charge in [-0.3, -0.25) is 28.5 Å². The number of ketones is 4. The van der Waals surface area contributed by atoms with Crippen LogP contribution in [0, 0.1) is 17.8 Å². The van der Waals surface area contributed by atoms with E-state index in [4.69, 9.17) is 47.5 Å². The predicted molar refractivity (Wildman–Crippen MR) is 348 cm³/mol. The number of β-amino-alcohol motifs (C(OH)–C–C–N with tert-alkyl or cyclic N) is 1. The van der Waals surface area contributed by atoms with Gasteiger partial charge in [-0.05, 0) is 44.9 Å². The normalized spacial score (nSPS) is 28.9. The maximum atomic E-state index is 12.6. The summed E-state index contributed by atoms with van der Waals surface area (Å²) in [7, 11) is -0.754. The Morgan fingerprint density at radius 1 is 0.469 bits per heavy atom. The molecule has 4 aliphatic rings. The Bertz CT molecular complexity index is 2060. The SMILES string of the molecule is CC1[C@H](OCCCCCCCC(=O)CCOCCC(=O)CC(=O)N2C[C@H](O)C[C@H]2COOP(=O)(O)C(C)C)OC(CO)[C@H](O)[C@@H]1O.COCCC(=O)CCCCCCCO[C@@H]1OC(CO)[C@H](O)[C@H](O)C1C.COCCC(=O)CCCCCCCO[C@@H]1OC(CO)[C@H](O)[C@H](O)C1C. The second-order valence-electron chi connectivity index (χ2n) is 25.9. The van der Waals surface area contributed by atoms with E-state index in [0.29, 0.717) is 65.1 Å². The molecule has 0 aromatic rings. The third kappa shape index (κ3) is 35.4. The van der Waals surface area contributed by atoms with Crippen LogP contribution in [-0.4, -0.2) is 275 Å². The van der Waals surface area contributed by atoms with E-state index in [1.54, 1.807) is 35.0 Å². The number of likely N-dealkylation sites (tertiary alicyclic amines) is 1. The van der Waals surface area contributed by atoms with Gasteiger partial charge in [-0.15, -0.1) is 4.67 Å². The minimum atomic E-state index is -3.95. The first-order chi connectivity index (χ1) is 45.8. The lowest BCUT2D eigenvalue weighted by Crippen LogP contribution is -2.55. The molecule has 11 N–H and O–H groups in total. The molecule has 0 bridgehead atoms. The molecule has 564 valence electrons. The number of unbranched alkanes of at least 4 members (excludes halogenated alkanes) is 12. The average Bonchev–Trinajstić information content (AvgIpc) is 1.03. The van der Waals surface area contributed by atoms with Gasteiger partial charge in [0.05, 0.1) is 88.8 Å². The Morgan fingerprint density at radius 2 is 0.802 bits per heavy atom. The number of amides is 1. The van der Waals surface area contributed by atoms with Crippen molar-refractivity contribution in [2.24, 2.45) is 17.8 Å². The summed E-state index contributed by atoms with van der Waals surface area (Å²) in [5.41, 5.74) is -0.670.